The number of nitrogens with two attached hydrogens (primary N) is 1. The molecule has 2 aromatic rings. The average molecular weight is 279 g/mol. The lowest BCUT2D eigenvalue weighted by molar-refractivity contribution is 0.0827. The van der Waals surface area contributed by atoms with Gasteiger partial charge in [-0.25, -0.2) is 4.68 Å². The number of carbonyl (C=O) groups is 1. The minimum atomic E-state index is -0.0868. The van der Waals surface area contributed by atoms with Crippen LogP contribution in [0.3, 0.4) is 0 Å². The Kier molecular flexibility index (Phi) is 3.48. The number of nitrogen functional groups attached to an aromatic ring is 1. The molecule has 0 aliphatic rings. The third-order valence-corrected chi connectivity index (χ3v) is 3.14. The highest BCUT2D eigenvalue weighted by Crippen LogP contribution is 2.22. The van der Waals surface area contributed by atoms with Crippen LogP contribution in [-0.2, 0) is 0 Å². The number of hydrogen-bond acceptors (Lipinski definition) is 3. The normalized spacial score (nSPS) is 10.5. The highest BCUT2D eigenvalue weighted by Gasteiger charge is 2.12. The fraction of sp³-hybridized carbons (Fsp3) is 0.231. The minimum absolute atomic E-state index is 0.0868. The summed E-state index contributed by atoms with van der Waals surface area (Å²) in [6.45, 7) is 1.81. The van der Waals surface area contributed by atoms with Gasteiger partial charge in [0.15, 0.2) is 0 Å². The molecule has 0 saturated heterocycles. The summed E-state index contributed by atoms with van der Waals surface area (Å²) in [6.07, 6.45) is 1.67. The van der Waals surface area contributed by atoms with E-state index in [1.165, 1.54) is 4.90 Å². The fourth-order valence-electron chi connectivity index (χ4n) is 1.70. The van der Waals surface area contributed by atoms with Gasteiger partial charge in [0, 0.05) is 25.9 Å². The van der Waals surface area contributed by atoms with Crippen molar-refractivity contribution in [2.24, 2.45) is 0 Å². The Hall–Kier alpha value is -2.01. The summed E-state index contributed by atoms with van der Waals surface area (Å²) in [5.74, 6) is -0.0868. The third kappa shape index (κ3) is 2.56. The van der Waals surface area contributed by atoms with E-state index in [0.717, 1.165) is 0 Å². The van der Waals surface area contributed by atoms with E-state index < -0.39 is 0 Å². The van der Waals surface area contributed by atoms with Crippen LogP contribution in [0, 0.1) is 6.92 Å². The Morgan fingerprint density at radius 3 is 2.63 bits per heavy atom. The molecule has 0 radical (unpaired) electrons. The van der Waals surface area contributed by atoms with E-state index >= 15 is 0 Å². The van der Waals surface area contributed by atoms with Gasteiger partial charge < -0.3 is 10.6 Å². The fourth-order valence-corrected chi connectivity index (χ4v) is 1.83. The minimum Gasteiger partial charge on any atom is -0.397 e. The molecule has 0 spiro atoms. The van der Waals surface area contributed by atoms with Crippen LogP contribution in [-0.4, -0.2) is 34.7 Å². The van der Waals surface area contributed by atoms with E-state index in [1.54, 1.807) is 43.2 Å². The van der Waals surface area contributed by atoms with Gasteiger partial charge in [0.2, 0.25) is 0 Å². The Morgan fingerprint density at radius 2 is 2.11 bits per heavy atom. The number of rotatable bonds is 2. The molecule has 100 valence electrons. The second-order valence-corrected chi connectivity index (χ2v) is 4.89. The van der Waals surface area contributed by atoms with Gasteiger partial charge in [-0.05, 0) is 25.1 Å². The zero-order valence-electron chi connectivity index (χ0n) is 11.0. The largest absolute Gasteiger partial charge is 0.397 e. The van der Waals surface area contributed by atoms with Gasteiger partial charge in [-0.1, -0.05) is 11.6 Å². The van der Waals surface area contributed by atoms with Gasteiger partial charge in [0.05, 0.1) is 22.1 Å². The van der Waals surface area contributed by atoms with E-state index in [-0.39, 0.29) is 5.91 Å². The van der Waals surface area contributed by atoms with Crippen LogP contribution in [0.2, 0.25) is 5.02 Å². The van der Waals surface area contributed by atoms with Gasteiger partial charge in [-0.2, -0.15) is 5.10 Å². The third-order valence-electron chi connectivity index (χ3n) is 2.77. The first kappa shape index (κ1) is 13.4. The van der Waals surface area contributed by atoms with Crippen molar-refractivity contribution in [2.45, 2.75) is 6.92 Å². The predicted octanol–water partition coefficient (Wildman–Crippen LogP) is 2.12. The number of benzene rings is 1. The Labute approximate surface area is 116 Å². The molecule has 2 rings (SSSR count). The smallest absolute Gasteiger partial charge is 0.253 e. The number of halogens is 1. The molecule has 6 heteroatoms. The van der Waals surface area contributed by atoms with Gasteiger partial charge in [0.1, 0.15) is 0 Å². The van der Waals surface area contributed by atoms with Crippen molar-refractivity contribution in [2.75, 3.05) is 19.8 Å². The van der Waals surface area contributed by atoms with Crippen molar-refractivity contribution in [1.29, 1.82) is 0 Å². The van der Waals surface area contributed by atoms with Gasteiger partial charge in [-0.3, -0.25) is 4.79 Å². The molecule has 0 aliphatic carbocycles. The number of nitrogens with zero attached hydrogens (tertiary/aromatic N) is 3. The van der Waals surface area contributed by atoms with Gasteiger partial charge in [0.25, 0.3) is 5.91 Å². The molecule has 1 aromatic carbocycles. The lowest BCUT2D eigenvalue weighted by atomic mass is 10.1. The highest BCUT2D eigenvalue weighted by molar-refractivity contribution is 6.31. The Balaban J connectivity index is 2.51. The molecule has 2 N–H and O–H groups in total. The monoisotopic (exact) mass is 278 g/mol. The lowest BCUT2D eigenvalue weighted by Gasteiger charge is -2.12. The topological polar surface area (TPSA) is 64.2 Å². The number of hydrogen-bond donors (Lipinski definition) is 1. The van der Waals surface area contributed by atoms with Crippen molar-refractivity contribution in [3.63, 3.8) is 0 Å². The van der Waals surface area contributed by atoms with Crippen LogP contribution in [0.4, 0.5) is 5.69 Å². The highest BCUT2D eigenvalue weighted by atomic mass is 35.5. The zero-order valence-corrected chi connectivity index (χ0v) is 11.8. The van der Waals surface area contributed by atoms with Crippen LogP contribution in [0.5, 0.6) is 0 Å². The molecule has 1 aromatic heterocycles. The first-order valence-electron chi connectivity index (χ1n) is 5.73. The van der Waals surface area contributed by atoms with Crippen LogP contribution in [0.1, 0.15) is 16.1 Å². The van der Waals surface area contributed by atoms with E-state index in [2.05, 4.69) is 5.10 Å². The summed E-state index contributed by atoms with van der Waals surface area (Å²) in [4.78, 5) is 13.5. The average Bonchev–Trinajstić information content (AvgIpc) is 2.69. The first-order chi connectivity index (χ1) is 8.90. The van der Waals surface area contributed by atoms with Gasteiger partial charge >= 0.3 is 0 Å². The molecule has 19 heavy (non-hydrogen) atoms. The van der Waals surface area contributed by atoms with Crippen LogP contribution in [0.25, 0.3) is 5.69 Å². The number of aromatic nitrogens is 2. The summed E-state index contributed by atoms with van der Waals surface area (Å²) in [6, 6.07) is 5.09. The number of aryl methyl sites for hydroxylation is 1. The molecule has 0 bridgehead atoms. The predicted molar refractivity (Wildman–Crippen MR) is 75.7 cm³/mol. The standard InChI is InChI=1S/C13H15ClN4O/c1-8-10(14)7-18(16-8)12-6-9(4-5-11(12)15)13(19)17(2)3/h4-7H,15H2,1-3H3. The second kappa shape index (κ2) is 4.93. The van der Waals surface area contributed by atoms with E-state index in [1.807, 2.05) is 6.92 Å². The summed E-state index contributed by atoms with van der Waals surface area (Å²) in [7, 11) is 3.40. The maximum absolute atomic E-state index is 11.9. The zero-order chi connectivity index (χ0) is 14.2. The number of amides is 1. The maximum Gasteiger partial charge on any atom is 0.253 e. The van der Waals surface area contributed by atoms with Crippen molar-refractivity contribution >= 4 is 23.2 Å². The molecule has 1 amide bonds. The number of anilines is 1. The molecule has 1 heterocycles. The SMILES string of the molecule is Cc1nn(-c2cc(C(=O)N(C)C)ccc2N)cc1Cl. The molecule has 0 atom stereocenters. The van der Waals surface area contributed by atoms with Crippen LogP contribution < -0.4 is 5.73 Å². The Morgan fingerprint density at radius 1 is 1.42 bits per heavy atom. The molecule has 0 fully saturated rings. The molecular formula is C13H15ClN4O. The Bertz CT molecular complexity index is 614. The molecule has 0 unspecified atom stereocenters. The van der Waals surface area contributed by atoms with Crippen LogP contribution in [0.15, 0.2) is 24.4 Å². The molecule has 0 saturated carbocycles. The summed E-state index contributed by atoms with van der Waals surface area (Å²) >= 11 is 5.99. The number of carbonyl (C=O) groups excluding carboxylic acids is 1. The maximum atomic E-state index is 11.9. The lowest BCUT2D eigenvalue weighted by Crippen LogP contribution is -2.22. The van der Waals surface area contributed by atoms with Crippen molar-refractivity contribution in [3.8, 4) is 5.69 Å². The molecule has 0 aliphatic heterocycles. The van der Waals surface area contributed by atoms with Crippen molar-refractivity contribution < 1.29 is 4.79 Å². The summed E-state index contributed by atoms with van der Waals surface area (Å²) in [5, 5.41) is 4.83. The molecule has 5 nitrogen and oxygen atoms in total. The van der Waals surface area contributed by atoms with E-state index in [0.29, 0.717) is 27.7 Å². The van der Waals surface area contributed by atoms with E-state index in [9.17, 15) is 4.79 Å². The first-order valence-corrected chi connectivity index (χ1v) is 6.11. The molecular weight excluding hydrogens is 264 g/mol. The summed E-state index contributed by atoms with van der Waals surface area (Å²) in [5.41, 5.74) is 8.37. The van der Waals surface area contributed by atoms with Crippen molar-refractivity contribution in [3.05, 3.63) is 40.7 Å². The quantitative estimate of drug-likeness (QED) is 0.856. The summed E-state index contributed by atoms with van der Waals surface area (Å²) < 4.78 is 1.58. The second-order valence-electron chi connectivity index (χ2n) is 4.48. The van der Waals surface area contributed by atoms with Crippen molar-refractivity contribution in [1.82, 2.24) is 14.7 Å². The van der Waals surface area contributed by atoms with Gasteiger partial charge in [-0.15, -0.1) is 0 Å². The van der Waals surface area contributed by atoms with E-state index in [4.69, 9.17) is 17.3 Å². The van der Waals surface area contributed by atoms with Crippen LogP contribution >= 0.6 is 11.6 Å².